The standard InChI is InChI=1S/C36H16F12NO4S2.Ag/c37-33(38,39)21-9-19(10-22(15-21)34(40,41)42)27-13-17-5-1-3-7-25(17)29-30-26-8-4-2-6-18(26)14-28(32(30)55(52,53)49-54(50,51)31(27)29)20-11-23(35(43,44)45)16-24(12-20)36(46,47)48;/h1-16H;/q-1;+1. The van der Waals surface area contributed by atoms with Gasteiger partial charge in [-0.3, -0.25) is 0 Å². The van der Waals surface area contributed by atoms with Gasteiger partial charge in [0.05, 0.1) is 32.0 Å². The van der Waals surface area contributed by atoms with Crippen molar-refractivity contribution >= 4 is 41.6 Å². The van der Waals surface area contributed by atoms with E-state index in [1.165, 1.54) is 48.5 Å². The number of hydrogen-bond donors (Lipinski definition) is 0. The van der Waals surface area contributed by atoms with Crippen molar-refractivity contribution in [3.8, 4) is 33.4 Å². The number of hydrogen-bond acceptors (Lipinski definition) is 4. The van der Waals surface area contributed by atoms with Crippen molar-refractivity contribution in [1.82, 2.24) is 0 Å². The summed E-state index contributed by atoms with van der Waals surface area (Å²) in [5.74, 6) is 0. The molecule has 1 heterocycles. The molecule has 296 valence electrons. The number of nitrogens with zero attached hydrogens (tertiary/aromatic N) is 1. The van der Waals surface area contributed by atoms with Gasteiger partial charge in [0.15, 0.2) is 0 Å². The quantitative estimate of drug-likeness (QED) is 0.128. The van der Waals surface area contributed by atoms with Gasteiger partial charge in [-0.1, -0.05) is 48.5 Å². The van der Waals surface area contributed by atoms with Crippen LogP contribution in [0.15, 0.2) is 107 Å². The molecule has 0 amide bonds. The van der Waals surface area contributed by atoms with Gasteiger partial charge in [0.2, 0.25) is 0 Å². The van der Waals surface area contributed by atoms with E-state index in [2.05, 4.69) is 4.13 Å². The molecule has 20 heteroatoms. The number of benzene rings is 6. The van der Waals surface area contributed by atoms with Gasteiger partial charge in [0.1, 0.15) is 20.0 Å². The van der Waals surface area contributed by atoms with Gasteiger partial charge in [0, 0.05) is 11.1 Å². The minimum Gasteiger partial charge on any atom is -0.428 e. The Morgan fingerprint density at radius 2 is 0.696 bits per heavy atom. The molecule has 1 aliphatic heterocycles. The number of fused-ring (bicyclic) bond motifs is 7. The van der Waals surface area contributed by atoms with Crippen LogP contribution in [0.1, 0.15) is 22.3 Å². The van der Waals surface area contributed by atoms with Gasteiger partial charge in [-0.05, 0) is 92.3 Å². The predicted molar refractivity (Wildman–Crippen MR) is 176 cm³/mol. The first-order valence-corrected chi connectivity index (χ1v) is 18.1. The van der Waals surface area contributed by atoms with E-state index in [9.17, 15) is 69.5 Å². The molecule has 0 fully saturated rings. The fourth-order valence-electron chi connectivity index (χ4n) is 6.54. The monoisotopic (exact) mass is 925 g/mol. The normalized spacial score (nSPS) is 15.5. The summed E-state index contributed by atoms with van der Waals surface area (Å²) in [5.41, 5.74) is -12.4. The van der Waals surface area contributed by atoms with Gasteiger partial charge in [-0.25, -0.2) is 16.8 Å². The number of alkyl halides is 12. The molecule has 6 aromatic rings. The van der Waals surface area contributed by atoms with Crippen LogP contribution in [0.25, 0.3) is 59.1 Å². The minimum absolute atomic E-state index is 0. The van der Waals surface area contributed by atoms with Crippen LogP contribution in [-0.2, 0) is 67.1 Å². The largest absolute Gasteiger partial charge is 1.00 e. The molecular formula is C36H16AgF12NO4S2. The van der Waals surface area contributed by atoms with Crippen LogP contribution in [0.2, 0.25) is 0 Å². The van der Waals surface area contributed by atoms with Gasteiger partial charge in [-0.15, -0.1) is 0 Å². The molecule has 0 saturated heterocycles. The Morgan fingerprint density at radius 1 is 0.411 bits per heavy atom. The van der Waals surface area contributed by atoms with Gasteiger partial charge >= 0.3 is 47.1 Å². The van der Waals surface area contributed by atoms with Gasteiger partial charge in [0.25, 0.3) is 0 Å². The molecular weight excluding hydrogens is 910 g/mol. The summed E-state index contributed by atoms with van der Waals surface area (Å²) in [7, 11) is -11.5. The summed E-state index contributed by atoms with van der Waals surface area (Å²) in [6.45, 7) is 0. The second-order valence-electron chi connectivity index (χ2n) is 12.3. The summed E-state index contributed by atoms with van der Waals surface area (Å²) in [5, 5.41) is -0.446. The number of sulfonamides is 2. The van der Waals surface area contributed by atoms with E-state index < -0.39 is 110 Å². The molecule has 0 atom stereocenters. The zero-order valence-electron chi connectivity index (χ0n) is 27.0. The fourth-order valence-corrected chi connectivity index (χ4v) is 10.0. The molecule has 0 aromatic heterocycles. The SMILES string of the molecule is O=S1(=O)[N-]S(=O)(=O)c2c(-c3cc(C(F)(F)F)cc(C(F)(F)F)c3)cc3ccccc3c2-c2c1c(-c1cc(C(F)(F)F)cc(C(F)(F)F)c1)cc1ccccc21.[Ag+]. The topological polar surface area (TPSA) is 82.4 Å². The van der Waals surface area contributed by atoms with Crippen LogP contribution in [0, 0.1) is 0 Å². The second-order valence-corrected chi connectivity index (χ2v) is 15.6. The van der Waals surface area contributed by atoms with Crippen molar-refractivity contribution < 1.29 is 91.9 Å². The Balaban J connectivity index is 0.00000532. The summed E-state index contributed by atoms with van der Waals surface area (Å²) in [6.07, 6.45) is -21.6. The first kappa shape index (κ1) is 41.2. The zero-order chi connectivity index (χ0) is 40.3. The summed E-state index contributed by atoms with van der Waals surface area (Å²) < 4.78 is 228. The fraction of sp³-hybridized carbons (Fsp3) is 0.111. The van der Waals surface area contributed by atoms with Crippen LogP contribution in [0.4, 0.5) is 52.7 Å². The first-order chi connectivity index (χ1) is 25.3. The Morgan fingerprint density at radius 3 is 0.982 bits per heavy atom. The maximum atomic E-state index is 14.2. The Bertz CT molecular complexity index is 2570. The maximum Gasteiger partial charge on any atom is 1.00 e. The minimum atomic E-state index is -5.74. The Kier molecular flexibility index (Phi) is 9.82. The van der Waals surface area contributed by atoms with Gasteiger partial charge in [-0.2, -0.15) is 52.7 Å². The van der Waals surface area contributed by atoms with Crippen LogP contribution in [0.5, 0.6) is 0 Å². The molecule has 0 saturated carbocycles. The molecule has 0 aliphatic carbocycles. The summed E-state index contributed by atoms with van der Waals surface area (Å²) in [6, 6.07) is 12.6. The molecule has 1 aliphatic rings. The summed E-state index contributed by atoms with van der Waals surface area (Å²) >= 11 is 0. The Labute approximate surface area is 323 Å². The molecule has 5 nitrogen and oxygen atoms in total. The molecule has 7 rings (SSSR count). The van der Waals surface area contributed by atoms with Crippen molar-refractivity contribution in [2.24, 2.45) is 0 Å². The van der Waals surface area contributed by atoms with Crippen molar-refractivity contribution in [3.05, 3.63) is 123 Å². The maximum absolute atomic E-state index is 14.2. The third kappa shape index (κ3) is 7.20. The van der Waals surface area contributed by atoms with Crippen molar-refractivity contribution in [3.63, 3.8) is 0 Å². The van der Waals surface area contributed by atoms with Crippen LogP contribution in [-0.4, -0.2) is 16.8 Å². The first-order valence-electron chi connectivity index (χ1n) is 15.2. The average Bonchev–Trinajstić information content (AvgIpc) is 3.15. The second kappa shape index (κ2) is 13.3. The molecule has 56 heavy (non-hydrogen) atoms. The van der Waals surface area contributed by atoms with E-state index in [0.717, 1.165) is 12.1 Å². The smallest absolute Gasteiger partial charge is 0.428 e. The third-order valence-electron chi connectivity index (χ3n) is 8.76. The van der Waals surface area contributed by atoms with E-state index in [0.29, 0.717) is 0 Å². The van der Waals surface area contributed by atoms with E-state index in [1.807, 2.05) is 0 Å². The predicted octanol–water partition coefficient (Wildman–Crippen LogP) is 11.8. The van der Waals surface area contributed by atoms with Crippen molar-refractivity contribution in [1.29, 1.82) is 0 Å². The van der Waals surface area contributed by atoms with Crippen LogP contribution >= 0.6 is 0 Å². The van der Waals surface area contributed by atoms with E-state index in [4.69, 9.17) is 0 Å². The van der Waals surface area contributed by atoms with Crippen molar-refractivity contribution in [2.45, 2.75) is 34.5 Å². The van der Waals surface area contributed by atoms with Crippen molar-refractivity contribution in [2.75, 3.05) is 0 Å². The molecule has 0 bridgehead atoms. The van der Waals surface area contributed by atoms with Crippen LogP contribution in [0.3, 0.4) is 0 Å². The molecule has 0 spiro atoms. The van der Waals surface area contributed by atoms with Crippen LogP contribution < -0.4 is 0 Å². The number of halogens is 12. The summed E-state index contributed by atoms with van der Waals surface area (Å²) in [4.78, 5) is -2.38. The van der Waals surface area contributed by atoms with E-state index in [1.54, 1.807) is 0 Å². The number of rotatable bonds is 2. The van der Waals surface area contributed by atoms with E-state index >= 15 is 0 Å². The average molecular weight is 927 g/mol. The Hall–Kier alpha value is -4.40. The molecule has 0 N–H and O–H groups in total. The third-order valence-corrected chi connectivity index (χ3v) is 12.2. The van der Waals surface area contributed by atoms with E-state index in [-0.39, 0.29) is 80.3 Å². The molecule has 0 radical (unpaired) electrons. The van der Waals surface area contributed by atoms with Gasteiger partial charge < -0.3 is 4.13 Å². The molecule has 6 aromatic carbocycles. The zero-order valence-corrected chi connectivity index (χ0v) is 30.1. The molecule has 0 unspecified atom stereocenters.